The molecular formula is C19H11F3N2OS. The van der Waals surface area contributed by atoms with Gasteiger partial charge in [0.05, 0.1) is 5.39 Å². The molecule has 0 spiro atoms. The largest absolute Gasteiger partial charge is 0.306 e. The maximum absolute atomic E-state index is 13.5. The number of rotatable bonds is 2. The van der Waals surface area contributed by atoms with Crippen LogP contribution in [0.4, 0.5) is 13.2 Å². The van der Waals surface area contributed by atoms with Crippen LogP contribution in [0.3, 0.4) is 0 Å². The van der Waals surface area contributed by atoms with Gasteiger partial charge >= 0.3 is 0 Å². The number of aromatic amines is 1. The summed E-state index contributed by atoms with van der Waals surface area (Å²) in [5.74, 6) is -2.19. The molecule has 0 fully saturated rings. The molecule has 130 valence electrons. The molecule has 0 amide bonds. The summed E-state index contributed by atoms with van der Waals surface area (Å²) in [5, 5.41) is 0.394. The van der Waals surface area contributed by atoms with Crippen molar-refractivity contribution in [1.82, 2.24) is 9.97 Å². The highest BCUT2D eigenvalue weighted by molar-refractivity contribution is 7.19. The molecule has 26 heavy (non-hydrogen) atoms. The molecule has 0 aliphatic rings. The van der Waals surface area contributed by atoms with E-state index in [0.717, 1.165) is 17.0 Å². The van der Waals surface area contributed by atoms with E-state index >= 15 is 0 Å². The minimum atomic E-state index is -1.01. The number of fused-ring (bicyclic) bond motifs is 1. The fourth-order valence-electron chi connectivity index (χ4n) is 2.86. The van der Waals surface area contributed by atoms with E-state index in [1.54, 1.807) is 12.1 Å². The predicted octanol–water partition coefficient (Wildman–Crippen LogP) is 5.04. The molecule has 2 aromatic heterocycles. The Morgan fingerprint density at radius 3 is 2.35 bits per heavy atom. The average molecular weight is 372 g/mol. The molecular weight excluding hydrogens is 361 g/mol. The van der Waals surface area contributed by atoms with Crippen LogP contribution in [0.15, 0.2) is 47.3 Å². The lowest BCUT2D eigenvalue weighted by molar-refractivity contribution is 0.509. The third-order valence-corrected chi connectivity index (χ3v) is 5.06. The van der Waals surface area contributed by atoms with E-state index in [4.69, 9.17) is 0 Å². The Labute approximate surface area is 149 Å². The second kappa shape index (κ2) is 6.10. The summed E-state index contributed by atoms with van der Waals surface area (Å²) >= 11 is 1.32. The number of benzene rings is 2. The lowest BCUT2D eigenvalue weighted by atomic mass is 10.0. The highest BCUT2D eigenvalue weighted by atomic mass is 32.1. The maximum atomic E-state index is 13.5. The third kappa shape index (κ3) is 2.70. The topological polar surface area (TPSA) is 45.8 Å². The van der Waals surface area contributed by atoms with Crippen molar-refractivity contribution in [2.45, 2.75) is 6.92 Å². The van der Waals surface area contributed by atoms with Crippen LogP contribution in [0.1, 0.15) is 4.88 Å². The van der Waals surface area contributed by atoms with Gasteiger partial charge < -0.3 is 4.98 Å². The molecule has 0 atom stereocenters. The van der Waals surface area contributed by atoms with Crippen molar-refractivity contribution in [1.29, 1.82) is 0 Å². The molecule has 0 aliphatic carbocycles. The van der Waals surface area contributed by atoms with Crippen LogP contribution < -0.4 is 5.56 Å². The van der Waals surface area contributed by atoms with E-state index in [1.165, 1.54) is 29.5 Å². The van der Waals surface area contributed by atoms with Gasteiger partial charge in [-0.25, -0.2) is 18.2 Å². The number of halogens is 3. The Morgan fingerprint density at radius 2 is 1.65 bits per heavy atom. The van der Waals surface area contributed by atoms with E-state index in [0.29, 0.717) is 21.3 Å². The zero-order chi connectivity index (χ0) is 18.4. The van der Waals surface area contributed by atoms with Crippen molar-refractivity contribution in [3.05, 3.63) is 75.1 Å². The summed E-state index contributed by atoms with van der Waals surface area (Å²) in [6.45, 7) is 1.85. The lowest BCUT2D eigenvalue weighted by Gasteiger charge is -2.04. The highest BCUT2D eigenvalue weighted by Gasteiger charge is 2.17. The fraction of sp³-hybridized carbons (Fsp3) is 0.0526. The van der Waals surface area contributed by atoms with E-state index < -0.39 is 17.2 Å². The summed E-state index contributed by atoms with van der Waals surface area (Å²) in [6, 6.07) is 9.19. The molecule has 0 unspecified atom stereocenters. The molecule has 0 radical (unpaired) electrons. The number of hydrogen-bond acceptors (Lipinski definition) is 3. The van der Waals surface area contributed by atoms with E-state index in [9.17, 15) is 18.0 Å². The highest BCUT2D eigenvalue weighted by Crippen LogP contribution is 2.36. The molecule has 3 nitrogen and oxygen atoms in total. The van der Waals surface area contributed by atoms with Crippen LogP contribution in [0.5, 0.6) is 0 Å². The molecule has 0 saturated heterocycles. The minimum absolute atomic E-state index is 0.160. The Kier molecular flexibility index (Phi) is 3.88. The van der Waals surface area contributed by atoms with Gasteiger partial charge in [-0.05, 0) is 42.8 Å². The van der Waals surface area contributed by atoms with Crippen molar-refractivity contribution in [2.24, 2.45) is 0 Å². The van der Waals surface area contributed by atoms with Crippen molar-refractivity contribution in [3.8, 4) is 22.5 Å². The van der Waals surface area contributed by atoms with E-state index in [-0.39, 0.29) is 17.2 Å². The first kappa shape index (κ1) is 16.5. The zero-order valence-electron chi connectivity index (χ0n) is 13.4. The van der Waals surface area contributed by atoms with Gasteiger partial charge in [-0.2, -0.15) is 0 Å². The maximum Gasteiger partial charge on any atom is 0.260 e. The monoisotopic (exact) mass is 372 g/mol. The summed E-state index contributed by atoms with van der Waals surface area (Å²) in [7, 11) is 0. The van der Waals surface area contributed by atoms with Gasteiger partial charge in [0.2, 0.25) is 0 Å². The van der Waals surface area contributed by atoms with Gasteiger partial charge in [-0.1, -0.05) is 12.1 Å². The number of aryl methyl sites for hydroxylation is 1. The Hall–Kier alpha value is -2.93. The number of nitrogens with one attached hydrogen (secondary N) is 1. The van der Waals surface area contributed by atoms with E-state index in [1.807, 2.05) is 6.92 Å². The number of hydrogen-bond donors (Lipinski definition) is 1. The number of thiophene rings is 1. The standard InChI is InChI=1S/C19H11F3N2OS/c1-9-15(10-2-5-12(20)6-3-10)16-18(25)23-17(24-19(16)26-9)11-4-7-13(21)14(22)8-11/h2-8H,1H3,(H,23,24,25). The molecule has 0 bridgehead atoms. The number of H-pyrrole nitrogens is 1. The van der Waals surface area contributed by atoms with Crippen LogP contribution in [-0.2, 0) is 0 Å². The van der Waals surface area contributed by atoms with Crippen molar-refractivity contribution < 1.29 is 13.2 Å². The van der Waals surface area contributed by atoms with Gasteiger partial charge in [-0.15, -0.1) is 11.3 Å². The average Bonchev–Trinajstić information content (AvgIpc) is 2.94. The van der Waals surface area contributed by atoms with Crippen LogP contribution in [0, 0.1) is 24.4 Å². The summed E-state index contributed by atoms with van der Waals surface area (Å²) in [4.78, 5) is 21.0. The number of aromatic nitrogens is 2. The second-order valence-corrected chi connectivity index (χ2v) is 6.97. The van der Waals surface area contributed by atoms with Crippen LogP contribution in [-0.4, -0.2) is 9.97 Å². The molecule has 7 heteroatoms. The van der Waals surface area contributed by atoms with Crippen molar-refractivity contribution in [3.63, 3.8) is 0 Å². The van der Waals surface area contributed by atoms with Gasteiger partial charge in [0, 0.05) is 16.0 Å². The zero-order valence-corrected chi connectivity index (χ0v) is 14.3. The molecule has 2 aromatic carbocycles. The van der Waals surface area contributed by atoms with Crippen molar-refractivity contribution in [2.75, 3.05) is 0 Å². The molecule has 2 heterocycles. The smallest absolute Gasteiger partial charge is 0.260 e. The Balaban J connectivity index is 1.93. The van der Waals surface area contributed by atoms with Crippen LogP contribution in [0.25, 0.3) is 32.7 Å². The van der Waals surface area contributed by atoms with Gasteiger partial charge in [-0.3, -0.25) is 4.79 Å². The normalized spacial score (nSPS) is 11.2. The summed E-state index contributed by atoms with van der Waals surface area (Å²) in [5.41, 5.74) is 1.29. The molecule has 0 saturated carbocycles. The van der Waals surface area contributed by atoms with Crippen LogP contribution in [0.2, 0.25) is 0 Å². The van der Waals surface area contributed by atoms with E-state index in [2.05, 4.69) is 9.97 Å². The molecule has 0 aliphatic heterocycles. The van der Waals surface area contributed by atoms with Gasteiger partial charge in [0.1, 0.15) is 16.5 Å². The van der Waals surface area contributed by atoms with Crippen molar-refractivity contribution >= 4 is 21.6 Å². The predicted molar refractivity (Wildman–Crippen MR) is 95.7 cm³/mol. The lowest BCUT2D eigenvalue weighted by Crippen LogP contribution is -2.09. The van der Waals surface area contributed by atoms with Gasteiger partial charge in [0.15, 0.2) is 11.6 Å². The first-order chi connectivity index (χ1) is 12.4. The quantitative estimate of drug-likeness (QED) is 0.536. The molecule has 4 rings (SSSR count). The molecule has 1 N–H and O–H groups in total. The Bertz CT molecular complexity index is 1200. The fourth-order valence-corrected chi connectivity index (χ4v) is 3.91. The molecule has 4 aromatic rings. The third-order valence-electron chi connectivity index (χ3n) is 4.06. The summed E-state index contributed by atoms with van der Waals surface area (Å²) in [6.07, 6.45) is 0. The minimum Gasteiger partial charge on any atom is -0.306 e. The summed E-state index contributed by atoms with van der Waals surface area (Å²) < 4.78 is 39.8. The Morgan fingerprint density at radius 1 is 0.962 bits per heavy atom. The number of nitrogens with zero attached hydrogens (tertiary/aromatic N) is 1. The first-order valence-corrected chi connectivity index (χ1v) is 8.50. The first-order valence-electron chi connectivity index (χ1n) is 7.69. The van der Waals surface area contributed by atoms with Gasteiger partial charge in [0.25, 0.3) is 5.56 Å². The SMILES string of the molecule is Cc1sc2nc(-c3ccc(F)c(F)c3)[nH]c(=O)c2c1-c1ccc(F)cc1. The van der Waals surface area contributed by atoms with Crippen LogP contribution >= 0.6 is 11.3 Å². The second-order valence-electron chi connectivity index (χ2n) is 5.76.